The van der Waals surface area contributed by atoms with Gasteiger partial charge in [-0.15, -0.1) is 5.10 Å². The van der Waals surface area contributed by atoms with E-state index in [-0.39, 0.29) is 24.8 Å². The molecule has 234 valence electrons. The van der Waals surface area contributed by atoms with Crippen molar-refractivity contribution < 1.29 is 37.4 Å². The third-order valence-electron chi connectivity index (χ3n) is 7.09. The number of rotatable bonds is 13. The first-order valence-corrected chi connectivity index (χ1v) is 13.9. The number of hydrogen-bond acceptors (Lipinski definition) is 6. The smallest absolute Gasteiger partial charge is 0.453 e. The number of nitrogens with zero attached hydrogens (tertiary/aromatic N) is 4. The second-order valence-electron chi connectivity index (χ2n) is 10.4. The number of halogens is 3. The molecule has 14 heteroatoms. The van der Waals surface area contributed by atoms with E-state index in [1.165, 1.54) is 0 Å². The van der Waals surface area contributed by atoms with Crippen LogP contribution in [0.1, 0.15) is 58.7 Å². The van der Waals surface area contributed by atoms with E-state index in [9.17, 15) is 27.6 Å². The van der Waals surface area contributed by atoms with Crippen molar-refractivity contribution in [3.63, 3.8) is 0 Å². The van der Waals surface area contributed by atoms with Gasteiger partial charge in [-0.05, 0) is 61.6 Å². The lowest BCUT2D eigenvalue weighted by Gasteiger charge is -2.18. The summed E-state index contributed by atoms with van der Waals surface area (Å²) in [6, 6.07) is 9.58. The van der Waals surface area contributed by atoms with Gasteiger partial charge < -0.3 is 25.0 Å². The molecule has 0 aliphatic rings. The molecule has 11 nitrogen and oxygen atoms in total. The van der Waals surface area contributed by atoms with Gasteiger partial charge in [0.15, 0.2) is 0 Å². The number of methoxy groups -OCH3 is 1. The van der Waals surface area contributed by atoms with E-state index in [1.54, 1.807) is 48.9 Å². The second kappa shape index (κ2) is 13.7. The molecular formula is C30H33F3N6O5. The van der Waals surface area contributed by atoms with Crippen molar-refractivity contribution in [1.82, 2.24) is 24.6 Å². The number of hydrogen-bond donors (Lipinski definition) is 3. The van der Waals surface area contributed by atoms with Crippen LogP contribution in [0.15, 0.2) is 48.9 Å². The number of ether oxygens (including phenoxy) is 1. The van der Waals surface area contributed by atoms with Crippen molar-refractivity contribution in [3.05, 3.63) is 77.0 Å². The highest BCUT2D eigenvalue weighted by Gasteiger charge is 2.35. The fourth-order valence-corrected chi connectivity index (χ4v) is 4.79. The standard InChI is InChI=1S/C30H33F3N6O5/c1-18-15-39(25-14-22(9-10-23(18)25)28(43)34-11-12-44-3)19(2)27(42)36-24-13-20(7-8-21(24)5-4-6-26(40)41)16-38-17-35-29(37-38)30(31,32)33/h7-10,13-15,17,19H,4-6,11-12,16H2,1-3H3,(H,34,43)(H,36,42)(H,40,41)/t19-/m1/s1. The molecule has 0 spiro atoms. The molecule has 1 atom stereocenters. The lowest BCUT2D eigenvalue weighted by molar-refractivity contribution is -0.145. The molecular weight excluding hydrogens is 581 g/mol. The van der Waals surface area contributed by atoms with Gasteiger partial charge in [0.25, 0.3) is 11.7 Å². The Balaban J connectivity index is 1.59. The van der Waals surface area contributed by atoms with Gasteiger partial charge in [-0.1, -0.05) is 18.2 Å². The summed E-state index contributed by atoms with van der Waals surface area (Å²) in [4.78, 5) is 40.6. The Hall–Kier alpha value is -4.72. The van der Waals surface area contributed by atoms with E-state index in [2.05, 4.69) is 20.7 Å². The molecule has 0 unspecified atom stereocenters. The molecule has 0 saturated heterocycles. The Morgan fingerprint density at radius 3 is 2.59 bits per heavy atom. The minimum absolute atomic E-state index is 0.0342. The average Bonchev–Trinajstić information content (AvgIpc) is 3.58. The summed E-state index contributed by atoms with van der Waals surface area (Å²) in [6.07, 6.45) is -1.26. The number of nitrogens with one attached hydrogen (secondary N) is 2. The maximum absolute atomic E-state index is 13.6. The summed E-state index contributed by atoms with van der Waals surface area (Å²) in [5, 5.41) is 19.1. The first-order chi connectivity index (χ1) is 20.9. The van der Waals surface area contributed by atoms with Gasteiger partial charge in [-0.3, -0.25) is 14.4 Å². The SMILES string of the molecule is COCCNC(=O)c1ccc2c(C)cn([C@H](C)C(=O)Nc3cc(Cn4cnc(C(F)(F)F)n4)ccc3CCCC(=O)O)c2c1. The highest BCUT2D eigenvalue weighted by atomic mass is 19.4. The van der Waals surface area contributed by atoms with Crippen LogP contribution in [0.2, 0.25) is 0 Å². The minimum atomic E-state index is -4.68. The minimum Gasteiger partial charge on any atom is -0.481 e. The van der Waals surface area contributed by atoms with Crippen LogP contribution >= 0.6 is 0 Å². The number of fused-ring (bicyclic) bond motifs is 1. The fraction of sp³-hybridized carbons (Fsp3) is 0.367. The van der Waals surface area contributed by atoms with Gasteiger partial charge in [0.2, 0.25) is 5.91 Å². The molecule has 3 N–H and O–H groups in total. The van der Waals surface area contributed by atoms with E-state index < -0.39 is 24.0 Å². The number of aliphatic carboxylic acids is 1. The first-order valence-electron chi connectivity index (χ1n) is 13.9. The maximum Gasteiger partial charge on any atom is 0.453 e. The van der Waals surface area contributed by atoms with Crippen molar-refractivity contribution in [3.8, 4) is 0 Å². The summed E-state index contributed by atoms with van der Waals surface area (Å²) in [5.74, 6) is -2.86. The number of alkyl halides is 3. The average molecular weight is 615 g/mol. The number of benzene rings is 2. The molecule has 44 heavy (non-hydrogen) atoms. The van der Waals surface area contributed by atoms with Crippen LogP contribution in [0.4, 0.5) is 18.9 Å². The molecule has 0 aliphatic carbocycles. The zero-order valence-electron chi connectivity index (χ0n) is 24.4. The normalized spacial score (nSPS) is 12.3. The van der Waals surface area contributed by atoms with E-state index in [0.29, 0.717) is 53.9 Å². The van der Waals surface area contributed by atoms with Crippen molar-refractivity contribution in [1.29, 1.82) is 0 Å². The number of amides is 2. The van der Waals surface area contributed by atoms with Crippen LogP contribution in [0.25, 0.3) is 10.9 Å². The predicted molar refractivity (Wildman–Crippen MR) is 155 cm³/mol. The third kappa shape index (κ3) is 7.81. The predicted octanol–water partition coefficient (Wildman–Crippen LogP) is 4.59. The highest BCUT2D eigenvalue weighted by molar-refractivity contribution is 6.00. The van der Waals surface area contributed by atoms with Crippen molar-refractivity contribution in [2.75, 3.05) is 25.6 Å². The topological polar surface area (TPSA) is 140 Å². The van der Waals surface area contributed by atoms with Crippen LogP contribution in [0, 0.1) is 6.92 Å². The van der Waals surface area contributed by atoms with E-state index in [4.69, 9.17) is 9.84 Å². The zero-order valence-corrected chi connectivity index (χ0v) is 24.4. The summed E-state index contributed by atoms with van der Waals surface area (Å²) >= 11 is 0. The van der Waals surface area contributed by atoms with Crippen molar-refractivity contribution >= 4 is 34.4 Å². The maximum atomic E-state index is 13.6. The van der Waals surface area contributed by atoms with Crippen LogP contribution in [-0.4, -0.2) is 62.5 Å². The van der Waals surface area contributed by atoms with Gasteiger partial charge in [0, 0.05) is 48.4 Å². The quantitative estimate of drug-likeness (QED) is 0.187. The van der Waals surface area contributed by atoms with Gasteiger partial charge in [0.1, 0.15) is 12.4 Å². The number of carboxylic acid groups (broad SMARTS) is 1. The molecule has 0 bridgehead atoms. The summed E-state index contributed by atoms with van der Waals surface area (Å²) in [7, 11) is 1.54. The van der Waals surface area contributed by atoms with Gasteiger partial charge in [-0.25, -0.2) is 9.67 Å². The van der Waals surface area contributed by atoms with Gasteiger partial charge in [0.05, 0.1) is 13.2 Å². The number of carboxylic acids is 1. The Kier molecular flexibility index (Phi) is 10.0. The van der Waals surface area contributed by atoms with E-state index in [1.807, 2.05) is 19.2 Å². The number of carbonyl (C=O) groups is 3. The molecule has 0 radical (unpaired) electrons. The lowest BCUT2D eigenvalue weighted by atomic mass is 10.0. The van der Waals surface area contributed by atoms with E-state index in [0.717, 1.165) is 22.0 Å². The monoisotopic (exact) mass is 614 g/mol. The number of aryl methyl sites for hydroxylation is 2. The summed E-state index contributed by atoms with van der Waals surface area (Å²) < 4.78 is 46.7. The largest absolute Gasteiger partial charge is 0.481 e. The Morgan fingerprint density at radius 2 is 1.91 bits per heavy atom. The fourth-order valence-electron chi connectivity index (χ4n) is 4.79. The van der Waals surface area contributed by atoms with Crippen molar-refractivity contribution in [2.24, 2.45) is 0 Å². The molecule has 0 saturated carbocycles. The second-order valence-corrected chi connectivity index (χ2v) is 10.4. The zero-order chi connectivity index (χ0) is 32.0. The van der Waals surface area contributed by atoms with Crippen LogP contribution in [0.5, 0.6) is 0 Å². The van der Waals surface area contributed by atoms with Crippen LogP contribution in [-0.2, 0) is 33.5 Å². The molecule has 2 amide bonds. The third-order valence-corrected chi connectivity index (χ3v) is 7.09. The molecule has 4 rings (SSSR count). The molecule has 2 heterocycles. The van der Waals surface area contributed by atoms with Gasteiger partial charge >= 0.3 is 12.1 Å². The Labute approximate surface area is 251 Å². The Bertz CT molecular complexity index is 1660. The molecule has 2 aromatic carbocycles. The van der Waals surface area contributed by atoms with E-state index >= 15 is 0 Å². The number of carbonyl (C=O) groups excluding carboxylic acids is 2. The summed E-state index contributed by atoms with van der Waals surface area (Å²) in [5.41, 5.74) is 3.66. The van der Waals surface area contributed by atoms with Crippen LogP contribution in [0.3, 0.4) is 0 Å². The van der Waals surface area contributed by atoms with Crippen LogP contribution < -0.4 is 10.6 Å². The lowest BCUT2D eigenvalue weighted by Crippen LogP contribution is -2.27. The first kappa shape index (κ1) is 32.2. The molecule has 0 aliphatic heterocycles. The molecule has 4 aromatic rings. The number of anilines is 1. The van der Waals surface area contributed by atoms with Crippen molar-refractivity contribution in [2.45, 2.75) is 51.9 Å². The number of aromatic nitrogens is 4. The highest BCUT2D eigenvalue weighted by Crippen LogP contribution is 2.28. The molecule has 2 aromatic heterocycles. The summed E-state index contributed by atoms with van der Waals surface area (Å²) in [6.45, 7) is 4.30. The molecule has 0 fully saturated rings. The van der Waals surface area contributed by atoms with Gasteiger partial charge in [-0.2, -0.15) is 13.2 Å². The Morgan fingerprint density at radius 1 is 1.14 bits per heavy atom.